The van der Waals surface area contributed by atoms with Gasteiger partial charge < -0.3 is 10.5 Å². The van der Waals surface area contributed by atoms with Gasteiger partial charge in [0.1, 0.15) is 11.6 Å². The maximum absolute atomic E-state index is 13.9. The van der Waals surface area contributed by atoms with Gasteiger partial charge in [0.15, 0.2) is 5.82 Å². The van der Waals surface area contributed by atoms with Gasteiger partial charge >= 0.3 is 0 Å². The van der Waals surface area contributed by atoms with Gasteiger partial charge in [-0.3, -0.25) is 0 Å². The lowest BCUT2D eigenvalue weighted by atomic mass is 10.0. The minimum Gasteiger partial charge on any atom is -0.479 e. The summed E-state index contributed by atoms with van der Waals surface area (Å²) in [6, 6.07) is 2.87. The van der Waals surface area contributed by atoms with E-state index >= 15 is 0 Å². The lowest BCUT2D eigenvalue weighted by Crippen LogP contribution is -1.98. The van der Waals surface area contributed by atoms with Crippen molar-refractivity contribution in [3.63, 3.8) is 0 Å². The van der Waals surface area contributed by atoms with Gasteiger partial charge in [-0.1, -0.05) is 0 Å². The van der Waals surface area contributed by atoms with E-state index in [0.717, 1.165) is 12.1 Å². The van der Waals surface area contributed by atoms with Crippen LogP contribution < -0.4 is 10.5 Å². The van der Waals surface area contributed by atoms with Crippen LogP contribution in [0.2, 0.25) is 0 Å². The van der Waals surface area contributed by atoms with Crippen LogP contribution in [0.4, 0.5) is 18.9 Å². The summed E-state index contributed by atoms with van der Waals surface area (Å²) >= 11 is 0. The van der Waals surface area contributed by atoms with Gasteiger partial charge in [0.05, 0.1) is 12.8 Å². The van der Waals surface area contributed by atoms with E-state index in [1.165, 1.54) is 19.4 Å². The zero-order valence-corrected chi connectivity index (χ0v) is 9.38. The number of hydrogen-bond donors (Lipinski definition) is 1. The highest BCUT2D eigenvalue weighted by atomic mass is 19.1. The van der Waals surface area contributed by atoms with Crippen LogP contribution in [0.15, 0.2) is 24.4 Å². The largest absolute Gasteiger partial charge is 0.479 e. The fraction of sp³-hybridized carbons (Fsp3) is 0.0833. The van der Waals surface area contributed by atoms with Gasteiger partial charge in [-0.2, -0.15) is 0 Å². The Hall–Kier alpha value is -2.24. The number of methoxy groups -OCH3 is 1. The smallest absolute Gasteiger partial charge is 0.250 e. The first-order valence-corrected chi connectivity index (χ1v) is 4.98. The molecule has 1 aromatic carbocycles. The standard InChI is InChI=1S/C12H9F3N2O/c1-18-12-11(15)6(2-3-17-12)7-4-9(14)10(16)5-8(7)13/h2-5H,16H2,1H3. The molecule has 1 heterocycles. The van der Waals surface area contributed by atoms with Crippen LogP contribution in [-0.2, 0) is 0 Å². The van der Waals surface area contributed by atoms with Crippen molar-refractivity contribution in [1.82, 2.24) is 4.98 Å². The normalized spacial score (nSPS) is 10.4. The number of rotatable bonds is 2. The van der Waals surface area contributed by atoms with Gasteiger partial charge in [-0.15, -0.1) is 0 Å². The number of pyridine rings is 1. The fourth-order valence-electron chi connectivity index (χ4n) is 1.54. The number of halogens is 3. The second kappa shape index (κ2) is 4.56. The Morgan fingerprint density at radius 2 is 1.83 bits per heavy atom. The van der Waals surface area contributed by atoms with Crippen LogP contribution in [0, 0.1) is 17.5 Å². The van der Waals surface area contributed by atoms with Crippen LogP contribution in [0.25, 0.3) is 11.1 Å². The molecule has 0 saturated carbocycles. The molecule has 94 valence electrons. The Kier molecular flexibility index (Phi) is 3.10. The van der Waals surface area contributed by atoms with Crippen molar-refractivity contribution in [2.45, 2.75) is 0 Å². The second-order valence-electron chi connectivity index (χ2n) is 3.54. The number of hydrogen-bond acceptors (Lipinski definition) is 3. The van der Waals surface area contributed by atoms with Crippen LogP contribution in [0.1, 0.15) is 0 Å². The number of nitrogens with zero attached hydrogens (tertiary/aromatic N) is 1. The lowest BCUT2D eigenvalue weighted by molar-refractivity contribution is 0.370. The van der Waals surface area contributed by atoms with Crippen LogP contribution in [0.5, 0.6) is 5.88 Å². The first-order valence-electron chi connectivity index (χ1n) is 4.98. The zero-order chi connectivity index (χ0) is 13.3. The molecule has 2 aromatic rings. The van der Waals surface area contributed by atoms with E-state index in [1.807, 2.05) is 0 Å². The minimum absolute atomic E-state index is 0.141. The monoisotopic (exact) mass is 254 g/mol. The number of anilines is 1. The summed E-state index contributed by atoms with van der Waals surface area (Å²) in [5.41, 5.74) is 4.50. The van der Waals surface area contributed by atoms with Crippen LogP contribution >= 0.6 is 0 Å². The molecule has 1 aromatic heterocycles. The van der Waals surface area contributed by atoms with Crippen LogP contribution in [-0.4, -0.2) is 12.1 Å². The third-order valence-electron chi connectivity index (χ3n) is 2.43. The highest BCUT2D eigenvalue weighted by Gasteiger charge is 2.16. The summed E-state index contributed by atoms with van der Waals surface area (Å²) in [6.45, 7) is 0. The van der Waals surface area contributed by atoms with Gasteiger partial charge in [-0.25, -0.2) is 18.2 Å². The number of nitrogen functional groups attached to an aromatic ring is 1. The predicted molar refractivity (Wildman–Crippen MR) is 60.5 cm³/mol. The molecule has 0 atom stereocenters. The summed E-state index contributed by atoms with van der Waals surface area (Å²) in [5.74, 6) is -2.78. The Labute approximate surface area is 101 Å². The molecule has 0 radical (unpaired) electrons. The highest BCUT2D eigenvalue weighted by molar-refractivity contribution is 5.68. The molecular formula is C12H9F3N2O. The molecule has 0 fully saturated rings. The Morgan fingerprint density at radius 1 is 1.11 bits per heavy atom. The van der Waals surface area contributed by atoms with E-state index < -0.39 is 17.5 Å². The van der Waals surface area contributed by atoms with E-state index in [9.17, 15) is 13.2 Å². The predicted octanol–water partition coefficient (Wildman–Crippen LogP) is 2.76. The molecule has 0 saturated heterocycles. The molecule has 0 unspecified atom stereocenters. The molecule has 18 heavy (non-hydrogen) atoms. The van der Waals surface area contributed by atoms with E-state index in [0.29, 0.717) is 0 Å². The lowest BCUT2D eigenvalue weighted by Gasteiger charge is -2.08. The molecule has 3 nitrogen and oxygen atoms in total. The van der Waals surface area contributed by atoms with Gasteiger partial charge in [-0.05, 0) is 12.1 Å². The first kappa shape index (κ1) is 12.2. The molecule has 0 amide bonds. The highest BCUT2D eigenvalue weighted by Crippen LogP contribution is 2.31. The molecule has 0 aliphatic heterocycles. The van der Waals surface area contributed by atoms with Crippen LogP contribution in [0.3, 0.4) is 0 Å². The van der Waals surface area contributed by atoms with Crippen molar-refractivity contribution in [2.24, 2.45) is 0 Å². The summed E-state index contributed by atoms with van der Waals surface area (Å²) in [5, 5.41) is 0. The molecule has 6 heteroatoms. The van der Waals surface area contributed by atoms with Crippen molar-refractivity contribution in [3.8, 4) is 17.0 Å². The van der Waals surface area contributed by atoms with E-state index in [2.05, 4.69) is 9.72 Å². The minimum atomic E-state index is -0.858. The maximum Gasteiger partial charge on any atom is 0.250 e. The van der Waals surface area contributed by atoms with Crippen molar-refractivity contribution in [2.75, 3.05) is 12.8 Å². The van der Waals surface area contributed by atoms with Gasteiger partial charge in [0.25, 0.3) is 5.88 Å². The molecule has 0 bridgehead atoms. The fourth-order valence-corrected chi connectivity index (χ4v) is 1.54. The summed E-state index contributed by atoms with van der Waals surface area (Å²) in [4.78, 5) is 3.61. The molecule has 0 aliphatic carbocycles. The zero-order valence-electron chi connectivity index (χ0n) is 9.38. The number of benzene rings is 1. The second-order valence-corrected chi connectivity index (χ2v) is 3.54. The van der Waals surface area contributed by atoms with E-state index in [-0.39, 0.29) is 22.7 Å². The number of ether oxygens (including phenoxy) is 1. The molecule has 2 rings (SSSR count). The Balaban J connectivity index is 2.66. The first-order chi connectivity index (χ1) is 8.54. The van der Waals surface area contributed by atoms with Gasteiger partial charge in [0, 0.05) is 23.4 Å². The van der Waals surface area contributed by atoms with Crippen molar-refractivity contribution in [1.29, 1.82) is 0 Å². The quantitative estimate of drug-likeness (QED) is 0.838. The van der Waals surface area contributed by atoms with Crippen molar-refractivity contribution < 1.29 is 17.9 Å². The van der Waals surface area contributed by atoms with Crippen molar-refractivity contribution >= 4 is 5.69 Å². The topological polar surface area (TPSA) is 48.1 Å². The number of nitrogens with two attached hydrogens (primary N) is 1. The average Bonchev–Trinajstić information content (AvgIpc) is 2.34. The molecular weight excluding hydrogens is 245 g/mol. The maximum atomic E-state index is 13.9. The molecule has 0 spiro atoms. The summed E-state index contributed by atoms with van der Waals surface area (Å²) in [6.07, 6.45) is 1.24. The van der Waals surface area contributed by atoms with Crippen molar-refractivity contribution in [3.05, 3.63) is 41.8 Å². The summed E-state index contributed by atoms with van der Waals surface area (Å²) < 4.78 is 45.5. The third-order valence-corrected chi connectivity index (χ3v) is 2.43. The molecule has 2 N–H and O–H groups in total. The molecule has 0 aliphatic rings. The third kappa shape index (κ3) is 1.97. The number of aromatic nitrogens is 1. The summed E-state index contributed by atoms with van der Waals surface area (Å²) in [7, 11) is 1.23. The Morgan fingerprint density at radius 3 is 2.50 bits per heavy atom. The Bertz CT molecular complexity index is 602. The SMILES string of the molecule is COc1nccc(-c2cc(F)c(N)cc2F)c1F. The van der Waals surface area contributed by atoms with E-state index in [4.69, 9.17) is 5.73 Å². The van der Waals surface area contributed by atoms with E-state index in [1.54, 1.807) is 0 Å². The average molecular weight is 254 g/mol. The van der Waals surface area contributed by atoms with Gasteiger partial charge in [0.2, 0.25) is 0 Å².